The SMILES string of the molecule is CCCc1ccc(-c2ccc(C(=O)NCCC(=O)N3CCC[C@H]3C(=O)N(C)[C@@H]3C(=O)N[C@@H](C)C(=O)N[C@H](C(=O)O)Cc4ccc(O)c(c4)-c4cc3ccc4O)cc2)cc1. The molecule has 0 saturated carbocycles. The van der Waals surface area contributed by atoms with E-state index in [1.54, 1.807) is 12.1 Å². The van der Waals surface area contributed by atoms with Gasteiger partial charge in [-0.25, -0.2) is 4.79 Å². The third-order valence-electron chi connectivity index (χ3n) is 10.9. The number of nitrogens with one attached hydrogen (secondary N) is 3. The summed E-state index contributed by atoms with van der Waals surface area (Å²) >= 11 is 0. The van der Waals surface area contributed by atoms with Gasteiger partial charge in [0.1, 0.15) is 35.7 Å². The molecule has 0 aliphatic carbocycles. The lowest BCUT2D eigenvalue weighted by Gasteiger charge is -2.33. The first kappa shape index (κ1) is 41.9. The number of likely N-dealkylation sites (tertiary alicyclic amines) is 1. The van der Waals surface area contributed by atoms with Crippen LogP contribution in [0.4, 0.5) is 0 Å². The van der Waals surface area contributed by atoms with Crippen LogP contribution in [-0.2, 0) is 36.8 Å². The molecule has 4 atom stereocenters. The zero-order valence-electron chi connectivity index (χ0n) is 33.2. The number of benzene rings is 4. The number of aromatic hydroxyl groups is 2. The van der Waals surface area contributed by atoms with Crippen LogP contribution in [0.1, 0.15) is 72.6 Å². The predicted molar refractivity (Wildman–Crippen MR) is 219 cm³/mol. The molecule has 5 amide bonds. The number of phenolic OH excluding ortho intramolecular Hbond substituents is 2. The zero-order chi connectivity index (χ0) is 42.4. The standard InChI is InChI=1S/C45H49N5O9/c1-4-6-27-8-11-29(12-9-27)30-13-15-31(16-14-30)42(55)46-21-20-39(53)50-22-5-7-36(50)44(57)49(3)40-32-17-19-38(52)34(25-32)33-23-28(10-18-37(33)51)24-35(45(58)59)48-41(54)26(2)47-43(40)56/h8-19,23,25-26,35-36,40,51-52H,4-7,20-22,24H2,1-3H3,(H,46,55)(H,47,56)(H,48,54)(H,58,59)/t26-,35-,36-,40-/m0/s1. The van der Waals surface area contributed by atoms with Crippen molar-refractivity contribution in [3.63, 3.8) is 0 Å². The molecule has 6 N–H and O–H groups in total. The number of phenols is 2. The fourth-order valence-electron chi connectivity index (χ4n) is 7.69. The van der Waals surface area contributed by atoms with Gasteiger partial charge in [0, 0.05) is 49.7 Å². The summed E-state index contributed by atoms with van der Waals surface area (Å²) in [5, 5.41) is 39.5. The van der Waals surface area contributed by atoms with Crippen LogP contribution in [0.2, 0.25) is 0 Å². The van der Waals surface area contributed by atoms with Crippen molar-refractivity contribution in [2.75, 3.05) is 20.1 Å². The highest BCUT2D eigenvalue weighted by atomic mass is 16.4. The molecule has 1 fully saturated rings. The summed E-state index contributed by atoms with van der Waals surface area (Å²) in [6.45, 7) is 3.84. The molecule has 0 spiro atoms. The summed E-state index contributed by atoms with van der Waals surface area (Å²) in [6.07, 6.45) is 2.70. The van der Waals surface area contributed by atoms with Crippen LogP contribution in [-0.4, -0.2) is 98.9 Å². The summed E-state index contributed by atoms with van der Waals surface area (Å²) in [6, 6.07) is 19.2. The minimum Gasteiger partial charge on any atom is -0.507 e. The number of aryl methyl sites for hydroxylation is 1. The van der Waals surface area contributed by atoms with Gasteiger partial charge in [0.25, 0.3) is 5.91 Å². The van der Waals surface area contributed by atoms with Gasteiger partial charge in [-0.1, -0.05) is 61.9 Å². The zero-order valence-corrected chi connectivity index (χ0v) is 33.2. The highest BCUT2D eigenvalue weighted by molar-refractivity contribution is 5.97. The Morgan fingerprint density at radius 2 is 1.49 bits per heavy atom. The van der Waals surface area contributed by atoms with Gasteiger partial charge in [0.15, 0.2) is 0 Å². The molecule has 308 valence electrons. The molecule has 4 aromatic carbocycles. The fraction of sp³-hybridized carbons (Fsp3) is 0.333. The average Bonchev–Trinajstić information content (AvgIpc) is 3.72. The molecule has 14 nitrogen and oxygen atoms in total. The van der Waals surface area contributed by atoms with Gasteiger partial charge >= 0.3 is 5.97 Å². The summed E-state index contributed by atoms with van der Waals surface area (Å²) in [7, 11) is 1.40. The summed E-state index contributed by atoms with van der Waals surface area (Å²) in [5.41, 5.74) is 4.66. The van der Waals surface area contributed by atoms with E-state index in [4.69, 9.17) is 0 Å². The number of carboxylic acid groups (broad SMARTS) is 1. The molecule has 0 aromatic heterocycles. The van der Waals surface area contributed by atoms with Crippen molar-refractivity contribution in [3.8, 4) is 33.8 Å². The highest BCUT2D eigenvalue weighted by Crippen LogP contribution is 2.39. The van der Waals surface area contributed by atoms with E-state index < -0.39 is 47.9 Å². The molecule has 2 aliphatic rings. The second kappa shape index (κ2) is 18.3. The molecule has 1 saturated heterocycles. The number of carboxylic acids is 1. The molecule has 59 heavy (non-hydrogen) atoms. The summed E-state index contributed by atoms with van der Waals surface area (Å²) in [5.74, 6) is -4.60. The van der Waals surface area contributed by atoms with Crippen molar-refractivity contribution in [2.24, 2.45) is 0 Å². The molecule has 4 bridgehead atoms. The van der Waals surface area contributed by atoms with E-state index in [0.29, 0.717) is 24.0 Å². The maximum Gasteiger partial charge on any atom is 0.326 e. The number of hydrogen-bond acceptors (Lipinski definition) is 8. The number of aliphatic carboxylic acids is 1. The number of carbonyl (C=O) groups is 6. The fourth-order valence-corrected chi connectivity index (χ4v) is 7.69. The van der Waals surface area contributed by atoms with Crippen molar-refractivity contribution in [2.45, 2.75) is 76.5 Å². The number of carbonyl (C=O) groups excluding carboxylic acids is 5. The Kier molecular flexibility index (Phi) is 13.0. The molecule has 0 unspecified atom stereocenters. The third kappa shape index (κ3) is 9.54. The van der Waals surface area contributed by atoms with Crippen LogP contribution >= 0.6 is 0 Å². The van der Waals surface area contributed by atoms with Gasteiger partial charge in [0.05, 0.1) is 0 Å². The summed E-state index contributed by atoms with van der Waals surface area (Å²) < 4.78 is 0. The Bertz CT molecular complexity index is 2240. The molecule has 0 radical (unpaired) electrons. The van der Waals surface area contributed by atoms with Crippen molar-refractivity contribution in [3.05, 3.63) is 107 Å². The maximum absolute atomic E-state index is 14.3. The Hall–Kier alpha value is -6.70. The maximum atomic E-state index is 14.3. The quantitative estimate of drug-likeness (QED) is 0.135. The van der Waals surface area contributed by atoms with Crippen LogP contribution in [0.25, 0.3) is 22.3 Å². The van der Waals surface area contributed by atoms with Gasteiger partial charge in [-0.05, 0) is 90.4 Å². The number of amides is 5. The smallest absolute Gasteiger partial charge is 0.326 e. The predicted octanol–water partition coefficient (Wildman–Crippen LogP) is 4.33. The molecule has 14 heteroatoms. The molecular weight excluding hydrogens is 755 g/mol. The number of nitrogens with zero attached hydrogens (tertiary/aromatic N) is 2. The monoisotopic (exact) mass is 803 g/mol. The summed E-state index contributed by atoms with van der Waals surface area (Å²) in [4.78, 5) is 82.8. The van der Waals surface area contributed by atoms with E-state index >= 15 is 0 Å². The van der Waals surface area contributed by atoms with Crippen LogP contribution in [0.3, 0.4) is 0 Å². The van der Waals surface area contributed by atoms with Gasteiger partial charge in [-0.15, -0.1) is 0 Å². The van der Waals surface area contributed by atoms with Gasteiger partial charge in [0.2, 0.25) is 23.6 Å². The molecule has 4 aromatic rings. The van der Waals surface area contributed by atoms with Crippen molar-refractivity contribution in [1.29, 1.82) is 0 Å². The van der Waals surface area contributed by atoms with Gasteiger partial charge < -0.3 is 41.1 Å². The van der Waals surface area contributed by atoms with Gasteiger partial charge in [-0.2, -0.15) is 0 Å². The second-order valence-corrected chi connectivity index (χ2v) is 15.1. The first-order chi connectivity index (χ1) is 28.2. The lowest BCUT2D eigenvalue weighted by molar-refractivity contribution is -0.147. The molecule has 2 heterocycles. The number of likely N-dealkylation sites (N-methyl/N-ethyl adjacent to an activating group) is 1. The third-order valence-corrected chi connectivity index (χ3v) is 10.9. The second-order valence-electron chi connectivity index (χ2n) is 15.1. The van der Waals surface area contributed by atoms with E-state index in [9.17, 15) is 44.1 Å². The van der Waals surface area contributed by atoms with Crippen LogP contribution < -0.4 is 16.0 Å². The topological polar surface area (TPSA) is 206 Å². The van der Waals surface area contributed by atoms with Crippen molar-refractivity contribution >= 4 is 35.5 Å². The number of hydrogen-bond donors (Lipinski definition) is 6. The minimum atomic E-state index is -1.38. The highest BCUT2D eigenvalue weighted by Gasteiger charge is 2.40. The van der Waals surface area contributed by atoms with Gasteiger partial charge in [-0.3, -0.25) is 24.0 Å². The van der Waals surface area contributed by atoms with E-state index in [-0.39, 0.29) is 65.9 Å². The van der Waals surface area contributed by atoms with E-state index in [1.165, 1.54) is 65.7 Å². The lowest BCUT2D eigenvalue weighted by Crippen LogP contribution is -2.54. The molecule has 2 aliphatic heterocycles. The van der Waals surface area contributed by atoms with E-state index in [2.05, 4.69) is 47.1 Å². The number of fused-ring (bicyclic) bond motifs is 5. The minimum absolute atomic E-state index is 0.0314. The van der Waals surface area contributed by atoms with Crippen molar-refractivity contribution in [1.82, 2.24) is 25.8 Å². The lowest BCUT2D eigenvalue weighted by atomic mass is 9.93. The van der Waals surface area contributed by atoms with Crippen molar-refractivity contribution < 1.29 is 44.1 Å². The first-order valence-electron chi connectivity index (χ1n) is 19.8. The largest absolute Gasteiger partial charge is 0.507 e. The molecular formula is C45H49N5O9. The number of rotatable bonds is 10. The average molecular weight is 804 g/mol. The van der Waals surface area contributed by atoms with Crippen LogP contribution in [0, 0.1) is 0 Å². The Morgan fingerprint density at radius 1 is 0.847 bits per heavy atom. The van der Waals surface area contributed by atoms with Crippen LogP contribution in [0.5, 0.6) is 11.5 Å². The Morgan fingerprint density at radius 3 is 2.15 bits per heavy atom. The van der Waals surface area contributed by atoms with E-state index in [1.807, 2.05) is 12.1 Å². The van der Waals surface area contributed by atoms with E-state index in [0.717, 1.165) is 24.0 Å². The molecule has 6 rings (SSSR count). The van der Waals surface area contributed by atoms with Crippen LogP contribution in [0.15, 0.2) is 84.9 Å². The first-order valence-corrected chi connectivity index (χ1v) is 19.8. The Balaban J connectivity index is 1.17. The Labute approximate surface area is 342 Å². The normalized spacial score (nSPS) is 19.2.